The van der Waals surface area contributed by atoms with Crippen molar-refractivity contribution in [3.8, 4) is 0 Å². The Balaban J connectivity index is 1.91. The van der Waals surface area contributed by atoms with E-state index in [-0.39, 0.29) is 36.7 Å². The Morgan fingerprint density at radius 3 is 1.89 bits per heavy atom. The van der Waals surface area contributed by atoms with Gasteiger partial charge in [-0.3, -0.25) is 24.0 Å². The van der Waals surface area contributed by atoms with E-state index in [1.165, 1.54) is 10.5 Å². The monoisotopic (exact) mass is 655 g/mol. The summed E-state index contributed by atoms with van der Waals surface area (Å²) in [5.41, 5.74) is 0.994. The van der Waals surface area contributed by atoms with Crippen molar-refractivity contribution in [3.05, 3.63) is 35.4 Å². The first-order chi connectivity index (χ1) is 21.9. The molecule has 6 N–H and O–H groups in total. The van der Waals surface area contributed by atoms with Gasteiger partial charge in [-0.1, -0.05) is 65.8 Å². The maximum absolute atomic E-state index is 14.4. The number of amides is 5. The molecule has 2 aliphatic rings. The summed E-state index contributed by atoms with van der Waals surface area (Å²) in [4.78, 5) is 69.4. The molecule has 1 heterocycles. The highest BCUT2D eigenvalue weighted by Crippen LogP contribution is 2.31. The molecule has 0 saturated carbocycles. The summed E-state index contributed by atoms with van der Waals surface area (Å²) >= 11 is 0. The number of likely N-dealkylation sites (N-methyl/N-ethyl adjacent to an activating group) is 2. The molecule has 1 aliphatic heterocycles. The Labute approximate surface area is 280 Å². The number of nitrogens with one attached hydrogen (secondary N) is 6. The average molecular weight is 656 g/mol. The Morgan fingerprint density at radius 1 is 0.787 bits per heavy atom. The van der Waals surface area contributed by atoms with Gasteiger partial charge in [-0.15, -0.1) is 0 Å². The first-order valence-electron chi connectivity index (χ1n) is 16.8. The molecular weight excluding hydrogens is 598 g/mol. The molecule has 12 nitrogen and oxygen atoms in total. The standard InChI is InChI=1S/C35H57N7O5/c1-20(36-9)29(43)40-27(34(3,4)5)32(46)38-23-18-26(31(45)39-25-17-13-15-22-14-11-12-16-24(22)25)42(19-23)33(47)28(35(6,7)8)41-30(44)21(2)37-10/h11-12,14,16,20-21,23,25-28,36-37H,13,15,17-19H2,1-10H3,(H,38,46)(H,39,45)(H,40,43)(H,41,44)/t20-,21-,23-,25+,26-,27+,28+/m0/s1. The molecule has 0 aromatic heterocycles. The number of carbonyl (C=O) groups excluding carboxylic acids is 5. The highest BCUT2D eigenvalue weighted by atomic mass is 16.2. The Kier molecular flexibility index (Phi) is 12.6. The fraction of sp³-hybridized carbons (Fsp3) is 0.686. The average Bonchev–Trinajstić information content (AvgIpc) is 3.43. The minimum Gasteiger partial charge on any atom is -0.350 e. The molecule has 1 aromatic carbocycles. The third kappa shape index (κ3) is 9.53. The van der Waals surface area contributed by atoms with Crippen LogP contribution in [-0.2, 0) is 30.4 Å². The molecule has 0 radical (unpaired) electrons. The quantitative estimate of drug-likeness (QED) is 0.211. The van der Waals surface area contributed by atoms with Crippen molar-refractivity contribution in [3.63, 3.8) is 0 Å². The van der Waals surface area contributed by atoms with Crippen molar-refractivity contribution < 1.29 is 24.0 Å². The molecule has 1 saturated heterocycles. The van der Waals surface area contributed by atoms with Crippen molar-refractivity contribution >= 4 is 29.5 Å². The number of nitrogens with zero attached hydrogens (tertiary/aromatic N) is 1. The molecule has 0 spiro atoms. The number of aryl methyl sites for hydroxylation is 1. The minimum absolute atomic E-state index is 0.0751. The molecule has 7 atom stereocenters. The first-order valence-corrected chi connectivity index (χ1v) is 16.8. The van der Waals surface area contributed by atoms with Gasteiger partial charge in [0.15, 0.2) is 0 Å². The molecule has 5 amide bonds. The zero-order valence-corrected chi connectivity index (χ0v) is 29.9. The molecule has 1 fully saturated rings. The van der Waals surface area contributed by atoms with E-state index in [9.17, 15) is 24.0 Å². The van der Waals surface area contributed by atoms with Crippen molar-refractivity contribution in [2.24, 2.45) is 10.8 Å². The van der Waals surface area contributed by atoms with Crippen molar-refractivity contribution in [2.45, 2.75) is 123 Å². The van der Waals surface area contributed by atoms with Crippen LogP contribution in [0.5, 0.6) is 0 Å². The second kappa shape index (κ2) is 15.6. The lowest BCUT2D eigenvalue weighted by atomic mass is 9.85. The Morgan fingerprint density at radius 2 is 1.34 bits per heavy atom. The smallest absolute Gasteiger partial charge is 0.246 e. The number of hydrogen-bond donors (Lipinski definition) is 6. The van der Waals surface area contributed by atoms with Gasteiger partial charge >= 0.3 is 0 Å². The third-order valence-electron chi connectivity index (χ3n) is 9.39. The highest BCUT2D eigenvalue weighted by molar-refractivity contribution is 5.95. The number of likely N-dealkylation sites (tertiary alicyclic amines) is 1. The lowest BCUT2D eigenvalue weighted by Gasteiger charge is -2.36. The van der Waals surface area contributed by atoms with E-state index in [1.807, 2.05) is 59.7 Å². The van der Waals surface area contributed by atoms with Crippen LogP contribution in [0.3, 0.4) is 0 Å². The van der Waals surface area contributed by atoms with Crippen LogP contribution in [0.15, 0.2) is 24.3 Å². The van der Waals surface area contributed by atoms with Crippen LogP contribution in [0.4, 0.5) is 0 Å². The molecule has 0 bridgehead atoms. The molecule has 1 aliphatic carbocycles. The summed E-state index contributed by atoms with van der Waals surface area (Å²) in [6, 6.07) is 3.64. The molecule has 1 aromatic rings. The van der Waals surface area contributed by atoms with Crippen LogP contribution in [0.25, 0.3) is 0 Å². The second-order valence-electron chi connectivity index (χ2n) is 15.2. The summed E-state index contributed by atoms with van der Waals surface area (Å²) in [5, 5.41) is 17.8. The number of rotatable bonds is 11. The minimum atomic E-state index is -0.921. The predicted molar refractivity (Wildman–Crippen MR) is 182 cm³/mol. The van der Waals surface area contributed by atoms with E-state index in [0.717, 1.165) is 24.8 Å². The van der Waals surface area contributed by atoms with E-state index in [2.05, 4.69) is 38.0 Å². The predicted octanol–water partition coefficient (Wildman–Crippen LogP) is 1.54. The van der Waals surface area contributed by atoms with E-state index in [4.69, 9.17) is 0 Å². The number of benzene rings is 1. The Hall–Kier alpha value is -3.51. The van der Waals surface area contributed by atoms with E-state index in [0.29, 0.717) is 0 Å². The van der Waals surface area contributed by atoms with Crippen molar-refractivity contribution in [1.82, 2.24) is 36.8 Å². The van der Waals surface area contributed by atoms with Crippen molar-refractivity contribution in [2.75, 3.05) is 20.6 Å². The van der Waals surface area contributed by atoms with Gasteiger partial charge in [0.2, 0.25) is 29.5 Å². The van der Waals surface area contributed by atoms with Gasteiger partial charge in [0.1, 0.15) is 18.1 Å². The summed E-state index contributed by atoms with van der Waals surface area (Å²) in [6.07, 6.45) is 2.85. The summed E-state index contributed by atoms with van der Waals surface area (Å²) in [5.74, 6) is -1.72. The van der Waals surface area contributed by atoms with Crippen LogP contribution < -0.4 is 31.9 Å². The summed E-state index contributed by atoms with van der Waals surface area (Å²) in [7, 11) is 3.34. The van der Waals surface area contributed by atoms with Gasteiger partial charge in [-0.05, 0) is 75.6 Å². The van der Waals surface area contributed by atoms with E-state index >= 15 is 0 Å². The zero-order valence-electron chi connectivity index (χ0n) is 29.9. The molecular formula is C35H57N7O5. The van der Waals surface area contributed by atoms with Crippen LogP contribution in [0.2, 0.25) is 0 Å². The first kappa shape index (κ1) is 37.9. The maximum atomic E-state index is 14.4. The van der Waals surface area contributed by atoms with Crippen LogP contribution in [0.1, 0.15) is 91.8 Å². The highest BCUT2D eigenvalue weighted by Gasteiger charge is 2.47. The summed E-state index contributed by atoms with van der Waals surface area (Å²) < 4.78 is 0. The summed E-state index contributed by atoms with van der Waals surface area (Å²) in [6.45, 7) is 14.7. The number of fused-ring (bicyclic) bond motifs is 1. The van der Waals surface area contributed by atoms with Gasteiger partial charge in [-0.25, -0.2) is 0 Å². The maximum Gasteiger partial charge on any atom is 0.246 e. The number of carbonyl (C=O) groups is 5. The lowest BCUT2D eigenvalue weighted by Crippen LogP contribution is -2.60. The largest absolute Gasteiger partial charge is 0.350 e. The van der Waals surface area contributed by atoms with Gasteiger partial charge in [-0.2, -0.15) is 0 Å². The van der Waals surface area contributed by atoms with E-state index in [1.54, 1.807) is 27.9 Å². The molecule has 262 valence electrons. The van der Waals surface area contributed by atoms with Crippen molar-refractivity contribution in [1.29, 1.82) is 0 Å². The van der Waals surface area contributed by atoms with Gasteiger partial charge < -0.3 is 36.8 Å². The second-order valence-corrected chi connectivity index (χ2v) is 15.2. The lowest BCUT2D eigenvalue weighted by molar-refractivity contribution is -0.144. The molecule has 3 rings (SSSR count). The SMILES string of the molecule is CN[C@@H](C)C(=O)N[C@H](C(=O)N[C@H]1C[C@@H](C(=O)N[C@@H]2CCCc3ccccc32)N(C(=O)[C@@H](NC(=O)[C@H](C)NC)C(C)(C)C)C1)C(C)(C)C. The fourth-order valence-corrected chi connectivity index (χ4v) is 6.18. The molecule has 47 heavy (non-hydrogen) atoms. The van der Waals surface area contributed by atoms with Crippen LogP contribution >= 0.6 is 0 Å². The fourth-order valence-electron chi connectivity index (χ4n) is 6.18. The van der Waals surface area contributed by atoms with Gasteiger partial charge in [0.25, 0.3) is 0 Å². The zero-order chi connectivity index (χ0) is 35.3. The van der Waals surface area contributed by atoms with Crippen LogP contribution in [0, 0.1) is 10.8 Å². The third-order valence-corrected chi connectivity index (χ3v) is 9.39. The Bertz CT molecular complexity index is 1300. The number of hydrogen-bond acceptors (Lipinski definition) is 7. The normalized spacial score (nSPS) is 22.3. The van der Waals surface area contributed by atoms with E-state index < -0.39 is 58.9 Å². The molecule has 12 heteroatoms. The molecule has 0 unspecified atom stereocenters. The van der Waals surface area contributed by atoms with Gasteiger partial charge in [0, 0.05) is 12.6 Å². The van der Waals surface area contributed by atoms with Gasteiger partial charge in [0.05, 0.1) is 18.1 Å². The van der Waals surface area contributed by atoms with Crippen LogP contribution in [-0.4, -0.2) is 91.3 Å². The topological polar surface area (TPSA) is 161 Å².